The van der Waals surface area contributed by atoms with E-state index >= 15 is 0 Å². The fraction of sp³-hybridized carbons (Fsp3) is 0.185. The van der Waals surface area contributed by atoms with Crippen LogP contribution >= 0.6 is 12.2 Å². The topological polar surface area (TPSA) is 68.8 Å². The zero-order valence-electron chi connectivity index (χ0n) is 19.5. The van der Waals surface area contributed by atoms with Gasteiger partial charge in [0.05, 0.1) is 19.3 Å². The highest BCUT2D eigenvalue weighted by atomic mass is 32.1. The maximum absolute atomic E-state index is 11.6. The Labute approximate surface area is 208 Å². The first-order valence-corrected chi connectivity index (χ1v) is 11.8. The number of aryl methyl sites for hydroxylation is 1. The third kappa shape index (κ3) is 4.40. The molecule has 0 radical (unpaired) electrons. The van der Waals surface area contributed by atoms with E-state index in [0.717, 1.165) is 11.0 Å². The monoisotopic (exact) mass is 488 g/mol. The van der Waals surface area contributed by atoms with E-state index in [9.17, 15) is 5.11 Å². The van der Waals surface area contributed by atoms with Crippen molar-refractivity contribution in [3.63, 3.8) is 0 Å². The van der Waals surface area contributed by atoms with E-state index in [1.807, 2.05) is 78.0 Å². The molecule has 1 aromatic heterocycles. The number of nitrogens with one attached hydrogen (secondary N) is 1. The van der Waals surface area contributed by atoms with Crippen LogP contribution in [0.25, 0.3) is 22.5 Å². The summed E-state index contributed by atoms with van der Waals surface area (Å²) in [7, 11) is 1.96. The number of aliphatic hydroxyl groups excluding tert-OH is 1. The van der Waals surface area contributed by atoms with Gasteiger partial charge in [0.25, 0.3) is 0 Å². The lowest BCUT2D eigenvalue weighted by molar-refractivity contribution is -0.645. The number of hydrogen-bond acceptors (Lipinski definition) is 5. The maximum Gasteiger partial charge on any atom is 0.249 e. The Bertz CT molecular complexity index is 1440. The molecule has 0 bridgehead atoms. The number of rotatable bonds is 6. The summed E-state index contributed by atoms with van der Waals surface area (Å²) in [4.78, 5) is 0.339. The molecule has 4 aromatic rings. The van der Waals surface area contributed by atoms with E-state index in [4.69, 9.17) is 26.4 Å². The maximum atomic E-state index is 11.6. The number of imidazole rings is 1. The Morgan fingerprint density at radius 2 is 1.80 bits per heavy atom. The molecular formula is C27H26N3O4S+. The standard InChI is InChI=1S/C27H25N3O4S/c1-3-32-22-11-7-4-8-19(22)28-27(35)25(30-17-29(2)20-9-5-6-10-21(20)30)26(31)18-12-13-23-24(16-18)34-15-14-33-23/h4-13,16-17H,3,14-15H2,1-2H3,(H-,28,31,35)/p+1. The quantitative estimate of drug-likeness (QED) is 0.173. The van der Waals surface area contributed by atoms with E-state index in [1.165, 1.54) is 0 Å². The molecule has 0 saturated carbocycles. The molecule has 3 aromatic carbocycles. The first-order chi connectivity index (χ1) is 17.1. The molecule has 0 atom stereocenters. The van der Waals surface area contributed by atoms with Gasteiger partial charge < -0.3 is 24.6 Å². The average Bonchev–Trinajstić information content (AvgIpc) is 3.21. The van der Waals surface area contributed by atoms with Gasteiger partial charge >= 0.3 is 0 Å². The Morgan fingerprint density at radius 3 is 2.63 bits per heavy atom. The number of benzene rings is 3. The van der Waals surface area contributed by atoms with Crippen LogP contribution in [0.2, 0.25) is 0 Å². The number of fused-ring (bicyclic) bond motifs is 2. The fourth-order valence-corrected chi connectivity index (χ4v) is 4.44. The first kappa shape index (κ1) is 22.7. The number of anilines is 1. The first-order valence-electron chi connectivity index (χ1n) is 11.4. The van der Waals surface area contributed by atoms with Crippen molar-refractivity contribution in [2.75, 3.05) is 25.1 Å². The Balaban J connectivity index is 1.66. The molecule has 35 heavy (non-hydrogen) atoms. The second-order valence-electron chi connectivity index (χ2n) is 8.02. The predicted octanol–water partition coefficient (Wildman–Crippen LogP) is 4.96. The molecular weight excluding hydrogens is 462 g/mol. The Kier molecular flexibility index (Phi) is 6.29. The van der Waals surface area contributed by atoms with Crippen molar-refractivity contribution < 1.29 is 23.9 Å². The molecule has 0 spiro atoms. The number of thiocarbonyl (C=S) groups is 1. The van der Waals surface area contributed by atoms with Crippen LogP contribution in [0.15, 0.2) is 73.1 Å². The molecule has 8 heteroatoms. The van der Waals surface area contributed by atoms with E-state index < -0.39 is 0 Å². The molecule has 0 saturated heterocycles. The van der Waals surface area contributed by atoms with Crippen LogP contribution in [0, 0.1) is 0 Å². The Morgan fingerprint density at radius 1 is 1.06 bits per heavy atom. The molecule has 0 fully saturated rings. The van der Waals surface area contributed by atoms with Crippen molar-refractivity contribution in [1.82, 2.24) is 4.57 Å². The van der Waals surface area contributed by atoms with Crippen LogP contribution in [0.5, 0.6) is 17.2 Å². The lowest BCUT2D eigenvalue weighted by Gasteiger charge is -2.19. The third-order valence-electron chi connectivity index (χ3n) is 5.74. The Hall–Kier alpha value is -4.04. The summed E-state index contributed by atoms with van der Waals surface area (Å²) in [5, 5.41) is 14.9. The lowest BCUT2D eigenvalue weighted by atomic mass is 10.1. The number of para-hydroxylation sites is 4. The highest BCUT2D eigenvalue weighted by Gasteiger charge is 2.26. The molecule has 2 N–H and O–H groups in total. The van der Waals surface area contributed by atoms with Crippen LogP contribution in [-0.2, 0) is 7.05 Å². The van der Waals surface area contributed by atoms with Gasteiger partial charge in [0.2, 0.25) is 12.0 Å². The van der Waals surface area contributed by atoms with Crippen LogP contribution in [0.1, 0.15) is 12.5 Å². The van der Waals surface area contributed by atoms with Crippen molar-refractivity contribution >= 4 is 45.4 Å². The minimum Gasteiger partial charge on any atom is -0.503 e. The molecule has 2 heterocycles. The molecule has 1 aliphatic rings. The average molecular weight is 489 g/mol. The smallest absolute Gasteiger partial charge is 0.249 e. The predicted molar refractivity (Wildman–Crippen MR) is 140 cm³/mol. The fourth-order valence-electron chi connectivity index (χ4n) is 4.13. The zero-order chi connectivity index (χ0) is 24.4. The van der Waals surface area contributed by atoms with Crippen molar-refractivity contribution in [3.8, 4) is 17.2 Å². The summed E-state index contributed by atoms with van der Waals surface area (Å²) in [6.45, 7) is 3.41. The van der Waals surface area contributed by atoms with Crippen molar-refractivity contribution in [1.29, 1.82) is 0 Å². The highest BCUT2D eigenvalue weighted by molar-refractivity contribution is 7.81. The van der Waals surface area contributed by atoms with Gasteiger partial charge in [-0.15, -0.1) is 0 Å². The molecule has 0 amide bonds. The van der Waals surface area contributed by atoms with Crippen molar-refractivity contribution in [2.24, 2.45) is 7.05 Å². The van der Waals surface area contributed by atoms with Gasteiger partial charge in [-0.1, -0.05) is 36.5 Å². The second kappa shape index (κ2) is 9.68. The van der Waals surface area contributed by atoms with Gasteiger partial charge in [-0.2, -0.15) is 4.57 Å². The number of nitrogens with zero attached hydrogens (tertiary/aromatic N) is 2. The summed E-state index contributed by atoms with van der Waals surface area (Å²) in [5.41, 5.74) is 3.60. The van der Waals surface area contributed by atoms with Gasteiger partial charge in [-0.25, -0.2) is 4.57 Å². The van der Waals surface area contributed by atoms with Crippen LogP contribution in [0.4, 0.5) is 5.69 Å². The summed E-state index contributed by atoms with van der Waals surface area (Å²) in [5.74, 6) is 1.93. The zero-order valence-corrected chi connectivity index (χ0v) is 20.3. The molecule has 5 rings (SSSR count). The van der Waals surface area contributed by atoms with Crippen LogP contribution in [0.3, 0.4) is 0 Å². The van der Waals surface area contributed by atoms with Gasteiger partial charge in [-0.05, 0) is 49.4 Å². The largest absolute Gasteiger partial charge is 0.503 e. The molecule has 0 aliphatic carbocycles. The van der Waals surface area contributed by atoms with E-state index in [0.29, 0.717) is 59.0 Å². The van der Waals surface area contributed by atoms with E-state index in [1.54, 1.807) is 18.2 Å². The minimum absolute atomic E-state index is 0.00900. The second-order valence-corrected chi connectivity index (χ2v) is 8.43. The van der Waals surface area contributed by atoms with Gasteiger partial charge in [0, 0.05) is 5.56 Å². The minimum atomic E-state index is 0.00900. The molecule has 7 nitrogen and oxygen atoms in total. The van der Waals surface area contributed by atoms with Crippen LogP contribution in [-0.4, -0.2) is 34.5 Å². The van der Waals surface area contributed by atoms with Crippen molar-refractivity contribution in [2.45, 2.75) is 6.92 Å². The summed E-state index contributed by atoms with van der Waals surface area (Å²) in [6.07, 6.45) is 1.90. The number of ether oxygens (including phenoxy) is 3. The normalized spacial score (nSPS) is 13.3. The van der Waals surface area contributed by atoms with Crippen molar-refractivity contribution in [3.05, 3.63) is 78.6 Å². The molecule has 1 aliphatic heterocycles. The number of hydrogen-bond donors (Lipinski definition) is 2. The number of aliphatic hydroxyl groups is 1. The van der Waals surface area contributed by atoms with Gasteiger partial charge in [-0.3, -0.25) is 0 Å². The molecule has 0 unspecified atom stereocenters. The summed E-state index contributed by atoms with van der Waals surface area (Å²) < 4.78 is 21.0. The van der Waals surface area contributed by atoms with Gasteiger partial charge in [0.15, 0.2) is 33.3 Å². The SMILES string of the molecule is CCOc1ccccc1NC(=S)/C(=C(/O)c1ccc2c(c1)OCCO2)n1c[n+](C)c2ccccc21. The number of aromatic nitrogens is 2. The molecule has 178 valence electrons. The van der Waals surface area contributed by atoms with Gasteiger partial charge in [0.1, 0.15) is 19.0 Å². The summed E-state index contributed by atoms with van der Waals surface area (Å²) >= 11 is 5.88. The highest BCUT2D eigenvalue weighted by Crippen LogP contribution is 2.35. The van der Waals surface area contributed by atoms with Crippen LogP contribution < -0.4 is 24.1 Å². The van der Waals surface area contributed by atoms with E-state index in [2.05, 4.69) is 5.32 Å². The lowest BCUT2D eigenvalue weighted by Crippen LogP contribution is -2.26. The summed E-state index contributed by atoms with van der Waals surface area (Å²) in [6, 6.07) is 20.9. The van der Waals surface area contributed by atoms with E-state index in [-0.39, 0.29) is 5.76 Å². The third-order valence-corrected chi connectivity index (χ3v) is 6.04.